The first kappa shape index (κ1) is 20.6. The molecule has 2 aromatic rings. The fraction of sp³-hybridized carbons (Fsp3) is 0.316. The lowest BCUT2D eigenvalue weighted by molar-refractivity contribution is 0.390. The molecule has 2 aromatic carbocycles. The van der Waals surface area contributed by atoms with Crippen LogP contribution in [0, 0.1) is 0 Å². The topological polar surface area (TPSA) is 89.0 Å². The van der Waals surface area contributed by atoms with Gasteiger partial charge in [0.25, 0.3) is 0 Å². The van der Waals surface area contributed by atoms with Crippen LogP contribution in [0.4, 0.5) is 0 Å². The minimum Gasteiger partial charge on any atom is -0.497 e. The largest absolute Gasteiger partial charge is 0.497 e. The van der Waals surface area contributed by atoms with E-state index in [2.05, 4.69) is 15.6 Å². The fourth-order valence-electron chi connectivity index (χ4n) is 2.45. The van der Waals surface area contributed by atoms with Crippen molar-refractivity contribution in [1.82, 2.24) is 10.6 Å². The number of ether oxygens (including phenoxy) is 2. The molecule has 2 rings (SSSR count). The van der Waals surface area contributed by atoms with Crippen LogP contribution in [0.2, 0.25) is 0 Å². The second kappa shape index (κ2) is 9.82. The van der Waals surface area contributed by atoms with Gasteiger partial charge in [-0.25, -0.2) is 8.42 Å². The smallest absolute Gasteiger partial charge is 0.191 e. The maximum absolute atomic E-state index is 12.3. The average molecular weight is 391 g/mol. The van der Waals surface area contributed by atoms with Gasteiger partial charge in [-0.1, -0.05) is 18.2 Å². The molecule has 0 aliphatic heterocycles. The summed E-state index contributed by atoms with van der Waals surface area (Å²) in [6, 6.07) is 14.0. The molecule has 0 amide bonds. The Labute approximate surface area is 160 Å². The highest BCUT2D eigenvalue weighted by molar-refractivity contribution is 7.91. The lowest BCUT2D eigenvalue weighted by Crippen LogP contribution is -2.39. The Morgan fingerprint density at radius 3 is 2.41 bits per heavy atom. The number of nitrogens with zero attached hydrogens (tertiary/aromatic N) is 1. The summed E-state index contributed by atoms with van der Waals surface area (Å²) in [6.07, 6.45) is 0. The van der Waals surface area contributed by atoms with Crippen molar-refractivity contribution in [2.45, 2.75) is 11.4 Å². The molecule has 2 N–H and O–H groups in total. The summed E-state index contributed by atoms with van der Waals surface area (Å²) in [6.45, 7) is 0.717. The maximum atomic E-state index is 12.3. The summed E-state index contributed by atoms with van der Waals surface area (Å²) in [7, 11) is 1.50. The zero-order valence-electron chi connectivity index (χ0n) is 15.7. The number of guanidine groups is 1. The number of sulfone groups is 1. The monoisotopic (exact) mass is 391 g/mol. The lowest BCUT2D eigenvalue weighted by atomic mass is 10.2. The number of rotatable bonds is 8. The zero-order valence-corrected chi connectivity index (χ0v) is 16.5. The number of aliphatic imine (C=N–C) groups is 1. The Hall–Kier alpha value is -2.74. The Morgan fingerprint density at radius 1 is 1.04 bits per heavy atom. The van der Waals surface area contributed by atoms with Crippen molar-refractivity contribution >= 4 is 15.8 Å². The molecule has 27 heavy (non-hydrogen) atoms. The van der Waals surface area contributed by atoms with Gasteiger partial charge in [-0.2, -0.15) is 0 Å². The maximum Gasteiger partial charge on any atom is 0.191 e. The van der Waals surface area contributed by atoms with Gasteiger partial charge >= 0.3 is 0 Å². The molecule has 0 spiro atoms. The molecule has 0 aliphatic rings. The van der Waals surface area contributed by atoms with E-state index in [1.54, 1.807) is 57.7 Å². The van der Waals surface area contributed by atoms with Crippen molar-refractivity contribution in [2.24, 2.45) is 4.99 Å². The predicted octanol–water partition coefficient (Wildman–Crippen LogP) is 1.84. The van der Waals surface area contributed by atoms with Gasteiger partial charge in [-0.15, -0.1) is 0 Å². The van der Waals surface area contributed by atoms with E-state index in [1.807, 2.05) is 12.1 Å². The minimum absolute atomic E-state index is 0.0242. The number of benzene rings is 2. The molecule has 0 saturated carbocycles. The molecule has 0 unspecified atom stereocenters. The molecule has 0 atom stereocenters. The number of nitrogens with one attached hydrogen (secondary N) is 2. The Bertz CT molecular complexity index is 868. The molecule has 0 aliphatic carbocycles. The highest BCUT2D eigenvalue weighted by Crippen LogP contribution is 2.24. The first-order chi connectivity index (χ1) is 13.0. The third-order valence-corrected chi connectivity index (χ3v) is 5.66. The highest BCUT2D eigenvalue weighted by Gasteiger charge is 2.13. The van der Waals surface area contributed by atoms with Gasteiger partial charge in [0.15, 0.2) is 15.8 Å². The van der Waals surface area contributed by atoms with E-state index in [4.69, 9.17) is 9.47 Å². The van der Waals surface area contributed by atoms with E-state index in [-0.39, 0.29) is 12.3 Å². The molecule has 0 radical (unpaired) electrons. The summed E-state index contributed by atoms with van der Waals surface area (Å²) in [5, 5.41) is 6.17. The summed E-state index contributed by atoms with van der Waals surface area (Å²) in [5.41, 5.74) is 0.929. The molecule has 0 bridgehead atoms. The molecule has 0 fully saturated rings. The van der Waals surface area contributed by atoms with E-state index in [1.165, 1.54) is 0 Å². The first-order valence-corrected chi connectivity index (χ1v) is 10.1. The lowest BCUT2D eigenvalue weighted by Gasteiger charge is -2.14. The third-order valence-electron chi connectivity index (χ3n) is 3.93. The van der Waals surface area contributed by atoms with Gasteiger partial charge in [0.1, 0.15) is 11.5 Å². The van der Waals surface area contributed by atoms with E-state index in [0.29, 0.717) is 28.9 Å². The van der Waals surface area contributed by atoms with Gasteiger partial charge in [-0.05, 0) is 24.3 Å². The van der Waals surface area contributed by atoms with Crippen molar-refractivity contribution in [3.05, 3.63) is 54.1 Å². The van der Waals surface area contributed by atoms with Gasteiger partial charge in [0.2, 0.25) is 0 Å². The van der Waals surface area contributed by atoms with Gasteiger partial charge in [0.05, 0.1) is 24.9 Å². The Kier molecular flexibility index (Phi) is 7.48. The van der Waals surface area contributed by atoms with Crippen molar-refractivity contribution in [3.8, 4) is 11.5 Å². The molecular weight excluding hydrogens is 366 g/mol. The quantitative estimate of drug-likeness (QED) is 0.527. The number of hydrogen-bond acceptors (Lipinski definition) is 5. The third kappa shape index (κ3) is 5.89. The van der Waals surface area contributed by atoms with Crippen LogP contribution in [0.25, 0.3) is 0 Å². The van der Waals surface area contributed by atoms with E-state index >= 15 is 0 Å². The number of methoxy groups -OCH3 is 2. The van der Waals surface area contributed by atoms with Gasteiger partial charge in [0, 0.05) is 31.8 Å². The van der Waals surface area contributed by atoms with Crippen LogP contribution in [0.3, 0.4) is 0 Å². The van der Waals surface area contributed by atoms with Crippen LogP contribution in [-0.4, -0.2) is 47.9 Å². The van der Waals surface area contributed by atoms with Crippen LogP contribution in [0.1, 0.15) is 5.56 Å². The van der Waals surface area contributed by atoms with Crippen molar-refractivity contribution in [1.29, 1.82) is 0 Å². The Balaban J connectivity index is 1.90. The van der Waals surface area contributed by atoms with Crippen LogP contribution in [-0.2, 0) is 16.4 Å². The molecule has 0 heterocycles. The van der Waals surface area contributed by atoms with Crippen LogP contribution in [0.5, 0.6) is 11.5 Å². The molecule has 0 saturated heterocycles. The molecule has 7 nitrogen and oxygen atoms in total. The van der Waals surface area contributed by atoms with Crippen LogP contribution < -0.4 is 20.1 Å². The van der Waals surface area contributed by atoms with Crippen LogP contribution >= 0.6 is 0 Å². The second-order valence-electron chi connectivity index (χ2n) is 5.66. The molecule has 146 valence electrons. The zero-order chi connectivity index (χ0) is 19.7. The first-order valence-electron chi connectivity index (χ1n) is 8.43. The Morgan fingerprint density at radius 2 is 1.78 bits per heavy atom. The fourth-order valence-corrected chi connectivity index (χ4v) is 3.63. The van der Waals surface area contributed by atoms with E-state index in [0.717, 1.165) is 5.56 Å². The van der Waals surface area contributed by atoms with E-state index < -0.39 is 9.84 Å². The van der Waals surface area contributed by atoms with Gasteiger partial charge < -0.3 is 20.1 Å². The summed E-state index contributed by atoms with van der Waals surface area (Å²) >= 11 is 0. The SMILES string of the molecule is CN=C(NCCS(=O)(=O)c1ccccc1)NCc1ccc(OC)cc1OC. The van der Waals surface area contributed by atoms with Crippen molar-refractivity contribution in [2.75, 3.05) is 33.6 Å². The van der Waals surface area contributed by atoms with Crippen molar-refractivity contribution in [3.63, 3.8) is 0 Å². The standard InChI is InChI=1S/C19H25N3O4S/c1-20-19(21-11-12-27(23,24)17-7-5-4-6-8-17)22-14-15-9-10-16(25-2)13-18(15)26-3/h4-10,13H,11-12,14H2,1-3H3,(H2,20,21,22). The minimum atomic E-state index is -3.33. The predicted molar refractivity (Wildman–Crippen MR) is 106 cm³/mol. The molecule has 0 aromatic heterocycles. The summed E-state index contributed by atoms with van der Waals surface area (Å²) < 4.78 is 35.1. The summed E-state index contributed by atoms with van der Waals surface area (Å²) in [4.78, 5) is 4.44. The molecular formula is C19H25N3O4S. The van der Waals surface area contributed by atoms with Gasteiger partial charge in [-0.3, -0.25) is 4.99 Å². The highest BCUT2D eigenvalue weighted by atomic mass is 32.2. The van der Waals surface area contributed by atoms with Crippen LogP contribution in [0.15, 0.2) is 58.4 Å². The van der Waals surface area contributed by atoms with E-state index in [9.17, 15) is 8.42 Å². The molecule has 8 heteroatoms. The number of hydrogen-bond donors (Lipinski definition) is 2. The average Bonchev–Trinajstić information content (AvgIpc) is 2.71. The second-order valence-corrected chi connectivity index (χ2v) is 7.77. The summed E-state index contributed by atoms with van der Waals surface area (Å²) in [5.74, 6) is 1.90. The normalized spacial score (nSPS) is 11.7. The van der Waals surface area contributed by atoms with Crippen molar-refractivity contribution < 1.29 is 17.9 Å².